The van der Waals surface area contributed by atoms with Crippen LogP contribution in [0.3, 0.4) is 0 Å². The molecule has 0 bridgehead atoms. The van der Waals surface area contributed by atoms with Gasteiger partial charge in [-0.05, 0) is 31.2 Å². The summed E-state index contributed by atoms with van der Waals surface area (Å²) in [6.45, 7) is 5.79. The minimum atomic E-state index is 0.0737. The van der Waals surface area contributed by atoms with Crippen LogP contribution in [-0.4, -0.2) is 54.2 Å². The number of aryl methyl sites for hydroxylation is 1. The molecule has 1 fully saturated rings. The molecule has 2 aromatic rings. The number of ether oxygens (including phenoxy) is 1. The van der Waals surface area contributed by atoms with Crippen LogP contribution in [0.1, 0.15) is 21.8 Å². The second-order valence-corrected chi connectivity index (χ2v) is 5.73. The quantitative estimate of drug-likeness (QED) is 0.863. The monoisotopic (exact) mass is 315 g/mol. The first-order chi connectivity index (χ1) is 11.2. The van der Waals surface area contributed by atoms with E-state index in [0.717, 1.165) is 49.9 Å². The normalized spacial score (nSPS) is 15.7. The Morgan fingerprint density at radius 3 is 2.48 bits per heavy atom. The number of carbonyl (C=O) groups excluding carboxylic acids is 1. The topological polar surface area (TPSA) is 58.8 Å². The molecule has 1 aromatic carbocycles. The smallest absolute Gasteiger partial charge is 0.253 e. The molecule has 23 heavy (non-hydrogen) atoms. The summed E-state index contributed by atoms with van der Waals surface area (Å²) in [7, 11) is 1.62. The van der Waals surface area contributed by atoms with E-state index in [0.29, 0.717) is 5.56 Å². The summed E-state index contributed by atoms with van der Waals surface area (Å²) in [5.74, 6) is 1.66. The highest BCUT2D eigenvalue weighted by Crippen LogP contribution is 2.15. The van der Waals surface area contributed by atoms with Gasteiger partial charge in [0, 0.05) is 44.4 Å². The summed E-state index contributed by atoms with van der Waals surface area (Å²) in [5.41, 5.74) is 1.64. The van der Waals surface area contributed by atoms with Crippen molar-refractivity contribution in [1.29, 1.82) is 0 Å². The van der Waals surface area contributed by atoms with Crippen LogP contribution in [0.2, 0.25) is 0 Å². The molecule has 0 unspecified atom stereocenters. The molecule has 1 aliphatic heterocycles. The van der Waals surface area contributed by atoms with Gasteiger partial charge in [-0.25, -0.2) is 0 Å². The Balaban J connectivity index is 1.54. The van der Waals surface area contributed by atoms with Gasteiger partial charge in [0.2, 0.25) is 0 Å². The fourth-order valence-corrected chi connectivity index (χ4v) is 2.75. The predicted octanol–water partition coefficient (Wildman–Crippen LogP) is 1.95. The maximum Gasteiger partial charge on any atom is 0.253 e. The number of hydrogen-bond donors (Lipinski definition) is 0. The van der Waals surface area contributed by atoms with Crippen molar-refractivity contribution in [2.45, 2.75) is 13.5 Å². The van der Waals surface area contributed by atoms with E-state index in [9.17, 15) is 4.79 Å². The van der Waals surface area contributed by atoms with Gasteiger partial charge in [-0.15, -0.1) is 0 Å². The summed E-state index contributed by atoms with van der Waals surface area (Å²) < 4.78 is 10.2. The van der Waals surface area contributed by atoms with Gasteiger partial charge >= 0.3 is 0 Å². The molecule has 0 aliphatic carbocycles. The third-order valence-corrected chi connectivity index (χ3v) is 4.06. The molecule has 1 amide bonds. The standard InChI is InChI=1S/C17H21N3O3/c1-13-11-15(18-23-13)12-19-7-9-20(10-8-19)17(21)14-3-5-16(22-2)6-4-14/h3-6,11H,7-10,12H2,1-2H3. The molecular weight excluding hydrogens is 294 g/mol. The number of benzene rings is 1. The Morgan fingerprint density at radius 1 is 1.22 bits per heavy atom. The van der Waals surface area contributed by atoms with Crippen molar-refractivity contribution in [3.63, 3.8) is 0 Å². The van der Waals surface area contributed by atoms with Crippen LogP contribution in [0.4, 0.5) is 0 Å². The third-order valence-electron chi connectivity index (χ3n) is 4.06. The molecule has 1 aromatic heterocycles. The Kier molecular flexibility index (Phi) is 4.62. The van der Waals surface area contributed by atoms with Gasteiger partial charge in [0.25, 0.3) is 5.91 Å². The molecule has 0 atom stereocenters. The van der Waals surface area contributed by atoms with E-state index >= 15 is 0 Å². The van der Waals surface area contributed by atoms with E-state index in [-0.39, 0.29) is 5.91 Å². The maximum atomic E-state index is 12.5. The van der Waals surface area contributed by atoms with Crippen molar-refractivity contribution >= 4 is 5.91 Å². The Labute approximate surface area is 135 Å². The summed E-state index contributed by atoms with van der Waals surface area (Å²) in [6, 6.07) is 9.21. The average Bonchev–Trinajstić information content (AvgIpc) is 3.00. The average molecular weight is 315 g/mol. The molecule has 1 aliphatic rings. The van der Waals surface area contributed by atoms with Gasteiger partial charge in [0.1, 0.15) is 11.5 Å². The molecule has 0 spiro atoms. The molecule has 0 radical (unpaired) electrons. The zero-order chi connectivity index (χ0) is 16.2. The summed E-state index contributed by atoms with van der Waals surface area (Å²) in [5, 5.41) is 4.02. The van der Waals surface area contributed by atoms with Crippen molar-refractivity contribution in [3.8, 4) is 5.75 Å². The van der Waals surface area contributed by atoms with Crippen molar-refractivity contribution in [3.05, 3.63) is 47.3 Å². The van der Waals surface area contributed by atoms with E-state index in [1.165, 1.54) is 0 Å². The first kappa shape index (κ1) is 15.6. The maximum absolute atomic E-state index is 12.5. The Hall–Kier alpha value is -2.34. The number of nitrogens with zero attached hydrogens (tertiary/aromatic N) is 3. The van der Waals surface area contributed by atoms with Gasteiger partial charge in [-0.3, -0.25) is 9.69 Å². The molecule has 0 saturated carbocycles. The molecule has 2 heterocycles. The van der Waals surface area contributed by atoms with Gasteiger partial charge in [0.15, 0.2) is 0 Å². The van der Waals surface area contributed by atoms with E-state index < -0.39 is 0 Å². The third kappa shape index (κ3) is 3.71. The van der Waals surface area contributed by atoms with Crippen LogP contribution in [0.5, 0.6) is 5.75 Å². The zero-order valence-electron chi connectivity index (χ0n) is 13.5. The van der Waals surface area contributed by atoms with E-state index in [2.05, 4.69) is 10.1 Å². The molecule has 3 rings (SSSR count). The first-order valence-electron chi connectivity index (χ1n) is 7.73. The van der Waals surface area contributed by atoms with Crippen LogP contribution in [0.15, 0.2) is 34.9 Å². The van der Waals surface area contributed by atoms with Crippen molar-refractivity contribution in [1.82, 2.24) is 15.0 Å². The number of piperazine rings is 1. The van der Waals surface area contributed by atoms with Crippen molar-refractivity contribution in [2.24, 2.45) is 0 Å². The lowest BCUT2D eigenvalue weighted by Gasteiger charge is -2.34. The number of aromatic nitrogens is 1. The molecular formula is C17H21N3O3. The van der Waals surface area contributed by atoms with Gasteiger partial charge in [0.05, 0.1) is 12.8 Å². The van der Waals surface area contributed by atoms with Crippen LogP contribution >= 0.6 is 0 Å². The second-order valence-electron chi connectivity index (χ2n) is 5.73. The SMILES string of the molecule is COc1ccc(C(=O)N2CCN(Cc3cc(C)on3)CC2)cc1. The number of carbonyl (C=O) groups is 1. The minimum Gasteiger partial charge on any atom is -0.497 e. The fraction of sp³-hybridized carbons (Fsp3) is 0.412. The number of rotatable bonds is 4. The summed E-state index contributed by atoms with van der Waals surface area (Å²) in [6.07, 6.45) is 0. The number of amides is 1. The van der Waals surface area contributed by atoms with Gasteiger partial charge < -0.3 is 14.2 Å². The first-order valence-corrected chi connectivity index (χ1v) is 7.73. The van der Waals surface area contributed by atoms with E-state index in [1.807, 2.05) is 42.2 Å². The predicted molar refractivity (Wildman–Crippen MR) is 85.4 cm³/mol. The highest BCUT2D eigenvalue weighted by atomic mass is 16.5. The van der Waals surface area contributed by atoms with Crippen LogP contribution in [0, 0.1) is 6.92 Å². The van der Waals surface area contributed by atoms with Crippen LogP contribution in [-0.2, 0) is 6.54 Å². The van der Waals surface area contributed by atoms with E-state index in [1.54, 1.807) is 7.11 Å². The molecule has 6 nitrogen and oxygen atoms in total. The fourth-order valence-electron chi connectivity index (χ4n) is 2.75. The van der Waals surface area contributed by atoms with E-state index in [4.69, 9.17) is 9.26 Å². The lowest BCUT2D eigenvalue weighted by Crippen LogP contribution is -2.48. The number of methoxy groups -OCH3 is 1. The lowest BCUT2D eigenvalue weighted by molar-refractivity contribution is 0.0625. The van der Waals surface area contributed by atoms with Crippen LogP contribution < -0.4 is 4.74 Å². The Morgan fingerprint density at radius 2 is 1.91 bits per heavy atom. The lowest BCUT2D eigenvalue weighted by atomic mass is 10.1. The highest BCUT2D eigenvalue weighted by molar-refractivity contribution is 5.94. The van der Waals surface area contributed by atoms with Gasteiger partial charge in [-0.2, -0.15) is 0 Å². The molecule has 6 heteroatoms. The zero-order valence-corrected chi connectivity index (χ0v) is 13.5. The summed E-state index contributed by atoms with van der Waals surface area (Å²) >= 11 is 0. The minimum absolute atomic E-state index is 0.0737. The molecule has 0 N–H and O–H groups in total. The Bertz CT molecular complexity index is 658. The number of hydrogen-bond acceptors (Lipinski definition) is 5. The largest absolute Gasteiger partial charge is 0.497 e. The molecule has 1 saturated heterocycles. The second kappa shape index (κ2) is 6.83. The van der Waals surface area contributed by atoms with Gasteiger partial charge in [-0.1, -0.05) is 5.16 Å². The molecule has 122 valence electrons. The summed E-state index contributed by atoms with van der Waals surface area (Å²) in [4.78, 5) is 16.7. The highest BCUT2D eigenvalue weighted by Gasteiger charge is 2.22. The van der Waals surface area contributed by atoms with Crippen molar-refractivity contribution in [2.75, 3.05) is 33.3 Å². The van der Waals surface area contributed by atoms with Crippen molar-refractivity contribution < 1.29 is 14.1 Å². The van der Waals surface area contributed by atoms with Crippen LogP contribution in [0.25, 0.3) is 0 Å².